The summed E-state index contributed by atoms with van der Waals surface area (Å²) in [6.45, 7) is 1.60. The minimum atomic E-state index is -2.21. The van der Waals surface area contributed by atoms with E-state index in [1.54, 1.807) is 0 Å². The number of aliphatic hydroxyl groups is 1. The molecule has 0 saturated carbocycles. The van der Waals surface area contributed by atoms with Crippen molar-refractivity contribution in [2.75, 3.05) is 6.61 Å². The van der Waals surface area contributed by atoms with Gasteiger partial charge in [-0.3, -0.25) is 0 Å². The number of halogens is 5. The molecule has 1 rings (SSSR count). The minimum absolute atomic E-state index is 0.313. The predicted octanol–water partition coefficient (Wildman–Crippen LogP) is 2.67. The van der Waals surface area contributed by atoms with E-state index in [2.05, 4.69) is 0 Å². The molecule has 0 aliphatic heterocycles. The van der Waals surface area contributed by atoms with Crippen LogP contribution in [0.3, 0.4) is 0 Å². The quantitative estimate of drug-likeness (QED) is 0.518. The van der Waals surface area contributed by atoms with E-state index < -0.39 is 46.9 Å². The van der Waals surface area contributed by atoms with Gasteiger partial charge in [-0.15, -0.1) is 0 Å². The highest BCUT2D eigenvalue weighted by molar-refractivity contribution is 5.23. The van der Waals surface area contributed by atoms with Gasteiger partial charge >= 0.3 is 0 Å². The van der Waals surface area contributed by atoms with Crippen molar-refractivity contribution in [2.24, 2.45) is 0 Å². The Labute approximate surface area is 100.0 Å². The monoisotopic (exact) mass is 270 g/mol. The lowest BCUT2D eigenvalue weighted by molar-refractivity contribution is -0.0284. The number of benzene rings is 1. The topological polar surface area (TPSA) is 29.5 Å². The number of hydrogen-bond donors (Lipinski definition) is 1. The number of hydrogen-bond acceptors (Lipinski definition) is 2. The Balaban J connectivity index is 2.96. The lowest BCUT2D eigenvalue weighted by Gasteiger charge is -2.17. The van der Waals surface area contributed by atoms with Crippen molar-refractivity contribution >= 4 is 0 Å². The van der Waals surface area contributed by atoms with E-state index in [-0.39, 0.29) is 6.61 Å². The lowest BCUT2D eigenvalue weighted by Crippen LogP contribution is -2.26. The van der Waals surface area contributed by atoms with Gasteiger partial charge in [0.15, 0.2) is 23.3 Å². The molecular weight excluding hydrogens is 259 g/mol. The van der Waals surface area contributed by atoms with Crippen molar-refractivity contribution in [1.29, 1.82) is 0 Å². The fourth-order valence-corrected chi connectivity index (χ4v) is 1.18. The SMILES string of the molecule is CC(C)(O)COCc1c(F)c(F)c(F)c(F)c1F. The number of ether oxygens (including phenoxy) is 1. The van der Waals surface area contributed by atoms with Gasteiger partial charge in [0, 0.05) is 0 Å². The zero-order valence-electron chi connectivity index (χ0n) is 9.66. The number of rotatable bonds is 4. The van der Waals surface area contributed by atoms with E-state index in [0.29, 0.717) is 0 Å². The van der Waals surface area contributed by atoms with Crippen molar-refractivity contribution in [3.63, 3.8) is 0 Å². The Hall–Kier alpha value is -1.21. The molecule has 0 fully saturated rings. The Morgan fingerprint density at radius 1 is 0.889 bits per heavy atom. The van der Waals surface area contributed by atoms with E-state index in [1.807, 2.05) is 0 Å². The van der Waals surface area contributed by atoms with Crippen LogP contribution in [-0.2, 0) is 11.3 Å². The summed E-state index contributed by atoms with van der Waals surface area (Å²) in [5, 5.41) is 9.27. The maximum absolute atomic E-state index is 13.2. The van der Waals surface area contributed by atoms with Crippen LogP contribution in [0.2, 0.25) is 0 Å². The van der Waals surface area contributed by atoms with Crippen LogP contribution in [0.15, 0.2) is 0 Å². The van der Waals surface area contributed by atoms with Crippen molar-refractivity contribution in [3.05, 3.63) is 34.6 Å². The molecule has 0 heterocycles. The maximum Gasteiger partial charge on any atom is 0.200 e. The molecule has 0 spiro atoms. The van der Waals surface area contributed by atoms with Gasteiger partial charge in [-0.25, -0.2) is 22.0 Å². The maximum atomic E-state index is 13.2. The first-order chi connectivity index (χ1) is 8.15. The third-order valence-corrected chi connectivity index (χ3v) is 2.00. The predicted molar refractivity (Wildman–Crippen MR) is 52.2 cm³/mol. The third-order valence-electron chi connectivity index (χ3n) is 2.00. The Morgan fingerprint density at radius 3 is 1.67 bits per heavy atom. The first kappa shape index (κ1) is 14.8. The molecule has 0 radical (unpaired) electrons. The van der Waals surface area contributed by atoms with Crippen LogP contribution in [0.1, 0.15) is 19.4 Å². The minimum Gasteiger partial charge on any atom is -0.388 e. The summed E-state index contributed by atoms with van der Waals surface area (Å²) in [5.74, 6) is -10.1. The highest BCUT2D eigenvalue weighted by Crippen LogP contribution is 2.23. The van der Waals surface area contributed by atoms with Crippen LogP contribution in [-0.4, -0.2) is 17.3 Å². The summed E-state index contributed by atoms with van der Waals surface area (Å²) in [6.07, 6.45) is 0. The van der Waals surface area contributed by atoms with Gasteiger partial charge in [-0.1, -0.05) is 0 Å². The summed E-state index contributed by atoms with van der Waals surface area (Å²) in [6, 6.07) is 0. The molecule has 1 N–H and O–H groups in total. The Bertz CT molecular complexity index is 425. The summed E-state index contributed by atoms with van der Waals surface area (Å²) >= 11 is 0. The standard InChI is InChI=1S/C11H11F5O2/c1-11(2,17)4-18-3-5-6(12)8(14)10(16)9(15)7(5)13/h17H,3-4H2,1-2H3. The van der Waals surface area contributed by atoms with Gasteiger partial charge < -0.3 is 9.84 Å². The zero-order valence-corrected chi connectivity index (χ0v) is 9.66. The van der Waals surface area contributed by atoms with Crippen LogP contribution < -0.4 is 0 Å². The third kappa shape index (κ3) is 3.17. The fourth-order valence-electron chi connectivity index (χ4n) is 1.18. The second-order valence-electron chi connectivity index (χ2n) is 4.35. The first-order valence-corrected chi connectivity index (χ1v) is 4.95. The second-order valence-corrected chi connectivity index (χ2v) is 4.35. The zero-order chi connectivity index (χ0) is 14.1. The summed E-state index contributed by atoms with van der Waals surface area (Å²) in [4.78, 5) is 0. The molecule has 0 aromatic heterocycles. The molecule has 2 nitrogen and oxygen atoms in total. The van der Waals surface area contributed by atoms with Gasteiger partial charge in [0.2, 0.25) is 5.82 Å². The molecule has 0 unspecified atom stereocenters. The average Bonchev–Trinajstić information content (AvgIpc) is 2.27. The Morgan fingerprint density at radius 2 is 1.28 bits per heavy atom. The first-order valence-electron chi connectivity index (χ1n) is 4.95. The van der Waals surface area contributed by atoms with E-state index in [9.17, 15) is 27.1 Å². The fraction of sp³-hybridized carbons (Fsp3) is 0.455. The summed E-state index contributed by atoms with van der Waals surface area (Å²) in [5.41, 5.74) is -2.33. The lowest BCUT2D eigenvalue weighted by atomic mass is 10.1. The Kier molecular flexibility index (Phi) is 4.28. The van der Waals surface area contributed by atoms with Crippen LogP contribution >= 0.6 is 0 Å². The van der Waals surface area contributed by atoms with Crippen LogP contribution in [0.5, 0.6) is 0 Å². The molecule has 18 heavy (non-hydrogen) atoms. The molecule has 0 aliphatic rings. The van der Waals surface area contributed by atoms with E-state index in [4.69, 9.17) is 4.74 Å². The molecule has 102 valence electrons. The molecule has 1 aromatic rings. The van der Waals surface area contributed by atoms with E-state index >= 15 is 0 Å². The van der Waals surface area contributed by atoms with Gasteiger partial charge in [0.1, 0.15) is 0 Å². The van der Waals surface area contributed by atoms with E-state index in [0.717, 1.165) is 0 Å². The summed E-state index contributed by atoms with van der Waals surface area (Å²) < 4.78 is 69.3. The highest BCUT2D eigenvalue weighted by atomic mass is 19.2. The molecule has 0 atom stereocenters. The van der Waals surface area contributed by atoms with E-state index in [1.165, 1.54) is 13.8 Å². The molecular formula is C11H11F5O2. The van der Waals surface area contributed by atoms with Crippen molar-refractivity contribution in [2.45, 2.75) is 26.1 Å². The molecule has 0 aliphatic carbocycles. The van der Waals surface area contributed by atoms with Gasteiger partial charge in [-0.05, 0) is 13.8 Å². The summed E-state index contributed by atoms with van der Waals surface area (Å²) in [7, 11) is 0. The van der Waals surface area contributed by atoms with Gasteiger partial charge in [-0.2, -0.15) is 0 Å². The van der Waals surface area contributed by atoms with Crippen molar-refractivity contribution < 1.29 is 31.8 Å². The van der Waals surface area contributed by atoms with Gasteiger partial charge in [0.05, 0.1) is 24.4 Å². The van der Waals surface area contributed by atoms with Gasteiger partial charge in [0.25, 0.3) is 0 Å². The highest BCUT2D eigenvalue weighted by Gasteiger charge is 2.26. The molecule has 0 saturated heterocycles. The van der Waals surface area contributed by atoms with Crippen LogP contribution in [0.25, 0.3) is 0 Å². The molecule has 7 heteroatoms. The molecule has 0 bridgehead atoms. The smallest absolute Gasteiger partial charge is 0.200 e. The molecule has 0 amide bonds. The van der Waals surface area contributed by atoms with Crippen LogP contribution in [0, 0.1) is 29.1 Å². The normalized spacial score (nSPS) is 12.0. The second kappa shape index (κ2) is 5.19. The van der Waals surface area contributed by atoms with Crippen molar-refractivity contribution in [1.82, 2.24) is 0 Å². The van der Waals surface area contributed by atoms with Crippen LogP contribution in [0.4, 0.5) is 22.0 Å². The largest absolute Gasteiger partial charge is 0.388 e. The van der Waals surface area contributed by atoms with Crippen molar-refractivity contribution in [3.8, 4) is 0 Å². The molecule has 1 aromatic carbocycles. The average molecular weight is 270 g/mol.